The number of para-hydroxylation sites is 2. The highest BCUT2D eigenvalue weighted by molar-refractivity contribution is 7.92. The molecule has 1 saturated carbocycles. The molecule has 0 amide bonds. The number of ether oxygens (including phenoxy) is 1. The van der Waals surface area contributed by atoms with Crippen LogP contribution in [0.2, 0.25) is 0 Å². The lowest BCUT2D eigenvalue weighted by Crippen LogP contribution is -2.29. The lowest BCUT2D eigenvalue weighted by molar-refractivity contribution is 0.318. The highest BCUT2D eigenvalue weighted by atomic mass is 32.2. The highest BCUT2D eigenvalue weighted by Gasteiger charge is 2.29. The predicted octanol–water partition coefficient (Wildman–Crippen LogP) is 3.03. The number of benzene rings is 1. The zero-order chi connectivity index (χ0) is 15.3. The van der Waals surface area contributed by atoms with Crippen LogP contribution < -0.4 is 10.5 Å². The van der Waals surface area contributed by atoms with E-state index < -0.39 is 9.84 Å². The molecule has 0 heterocycles. The monoisotopic (exact) mass is 311 g/mol. The molecule has 2 unspecified atom stereocenters. The Morgan fingerprint density at radius 3 is 2.76 bits per heavy atom. The summed E-state index contributed by atoms with van der Waals surface area (Å²) < 4.78 is 30.2. The normalized spacial score (nSPS) is 22.9. The van der Waals surface area contributed by atoms with E-state index in [0.29, 0.717) is 30.4 Å². The van der Waals surface area contributed by atoms with Crippen molar-refractivity contribution in [2.75, 3.05) is 18.1 Å². The maximum absolute atomic E-state index is 12.3. The second-order valence-electron chi connectivity index (χ2n) is 6.00. The third-order valence-corrected chi connectivity index (χ3v) is 6.45. The molecule has 118 valence electrons. The van der Waals surface area contributed by atoms with Crippen LogP contribution in [0.4, 0.5) is 5.69 Å². The van der Waals surface area contributed by atoms with Gasteiger partial charge in [-0.2, -0.15) is 0 Å². The molecular weight excluding hydrogens is 286 g/mol. The molecule has 0 aromatic heterocycles. The van der Waals surface area contributed by atoms with E-state index in [1.807, 2.05) is 12.1 Å². The van der Waals surface area contributed by atoms with Crippen LogP contribution in [0.15, 0.2) is 24.3 Å². The standard InChI is InChI=1S/C16H25NO3S/c1-13-6-4-7-14(12-13)21(18,19)11-5-10-20-16-9-3-2-8-15(16)17/h2-3,8-9,13-14H,4-7,10-12,17H2,1H3. The molecule has 21 heavy (non-hydrogen) atoms. The summed E-state index contributed by atoms with van der Waals surface area (Å²) in [4.78, 5) is 0. The average Bonchev–Trinajstić information content (AvgIpc) is 2.45. The van der Waals surface area contributed by atoms with Crippen molar-refractivity contribution in [1.29, 1.82) is 0 Å². The van der Waals surface area contributed by atoms with Crippen molar-refractivity contribution in [1.82, 2.24) is 0 Å². The van der Waals surface area contributed by atoms with Crippen LogP contribution >= 0.6 is 0 Å². The third kappa shape index (κ3) is 4.63. The quantitative estimate of drug-likeness (QED) is 0.647. The van der Waals surface area contributed by atoms with Crippen molar-refractivity contribution in [3.63, 3.8) is 0 Å². The summed E-state index contributed by atoms with van der Waals surface area (Å²) in [6.45, 7) is 2.53. The van der Waals surface area contributed by atoms with E-state index in [1.54, 1.807) is 12.1 Å². The molecule has 0 radical (unpaired) electrons. The molecule has 1 aromatic rings. The lowest BCUT2D eigenvalue weighted by atomic mass is 9.91. The Morgan fingerprint density at radius 2 is 2.05 bits per heavy atom. The van der Waals surface area contributed by atoms with Gasteiger partial charge in [0.15, 0.2) is 9.84 Å². The van der Waals surface area contributed by atoms with E-state index >= 15 is 0 Å². The van der Waals surface area contributed by atoms with Crippen molar-refractivity contribution >= 4 is 15.5 Å². The van der Waals surface area contributed by atoms with E-state index in [1.165, 1.54) is 0 Å². The molecule has 0 aliphatic heterocycles. The lowest BCUT2D eigenvalue weighted by Gasteiger charge is -2.26. The van der Waals surface area contributed by atoms with Gasteiger partial charge in [0.2, 0.25) is 0 Å². The van der Waals surface area contributed by atoms with Crippen molar-refractivity contribution in [3.05, 3.63) is 24.3 Å². The number of anilines is 1. The first-order valence-corrected chi connectivity index (χ1v) is 9.39. The fourth-order valence-electron chi connectivity index (χ4n) is 2.93. The summed E-state index contributed by atoms with van der Waals surface area (Å²) in [5, 5.41) is -0.150. The minimum Gasteiger partial charge on any atom is -0.491 e. The first-order valence-electron chi connectivity index (χ1n) is 7.68. The zero-order valence-electron chi connectivity index (χ0n) is 12.6. The minimum absolute atomic E-state index is 0.150. The first kappa shape index (κ1) is 16.1. The Labute approximate surface area is 127 Å². The highest BCUT2D eigenvalue weighted by Crippen LogP contribution is 2.29. The van der Waals surface area contributed by atoms with Gasteiger partial charge in [-0.3, -0.25) is 0 Å². The minimum atomic E-state index is -2.99. The molecule has 0 saturated heterocycles. The Bertz CT molecular complexity index is 556. The van der Waals surface area contributed by atoms with Crippen molar-refractivity contribution in [3.8, 4) is 5.75 Å². The van der Waals surface area contributed by atoms with Crippen molar-refractivity contribution < 1.29 is 13.2 Å². The Kier molecular flexibility index (Phi) is 5.51. The van der Waals surface area contributed by atoms with Crippen molar-refractivity contribution in [2.24, 2.45) is 5.92 Å². The van der Waals surface area contributed by atoms with Crippen LogP contribution in [-0.2, 0) is 9.84 Å². The van der Waals surface area contributed by atoms with Crippen LogP contribution in [0.5, 0.6) is 5.75 Å². The molecule has 2 N–H and O–H groups in total. The Hall–Kier alpha value is -1.23. The third-order valence-electron chi connectivity index (χ3n) is 4.15. The molecule has 1 fully saturated rings. The van der Waals surface area contributed by atoms with Gasteiger partial charge in [0.25, 0.3) is 0 Å². The predicted molar refractivity (Wildman–Crippen MR) is 86.2 cm³/mol. The van der Waals surface area contributed by atoms with Crippen LogP contribution in [0, 0.1) is 5.92 Å². The molecule has 1 aromatic carbocycles. The van der Waals surface area contributed by atoms with Gasteiger partial charge in [-0.25, -0.2) is 8.42 Å². The number of sulfone groups is 1. The molecule has 0 spiro atoms. The number of hydrogen-bond acceptors (Lipinski definition) is 4. The summed E-state index contributed by atoms with van der Waals surface area (Å²) in [5.74, 6) is 1.36. The van der Waals surface area contributed by atoms with E-state index in [4.69, 9.17) is 10.5 Å². The molecule has 2 rings (SSSR count). The smallest absolute Gasteiger partial charge is 0.153 e. The Balaban J connectivity index is 1.78. The van der Waals surface area contributed by atoms with E-state index in [2.05, 4.69) is 6.92 Å². The number of nitrogens with two attached hydrogens (primary N) is 1. The average molecular weight is 311 g/mol. The number of rotatable bonds is 6. The Morgan fingerprint density at radius 1 is 1.29 bits per heavy atom. The van der Waals surface area contributed by atoms with Gasteiger partial charge in [-0.05, 0) is 37.3 Å². The van der Waals surface area contributed by atoms with E-state index in [0.717, 1.165) is 25.7 Å². The van der Waals surface area contributed by atoms with Crippen LogP contribution in [-0.4, -0.2) is 26.0 Å². The largest absolute Gasteiger partial charge is 0.491 e. The van der Waals surface area contributed by atoms with Gasteiger partial charge in [-0.1, -0.05) is 31.9 Å². The summed E-state index contributed by atoms with van der Waals surface area (Å²) in [6, 6.07) is 7.27. The summed E-state index contributed by atoms with van der Waals surface area (Å²) in [6.07, 6.45) is 4.33. The van der Waals surface area contributed by atoms with E-state index in [9.17, 15) is 8.42 Å². The van der Waals surface area contributed by atoms with Crippen LogP contribution in [0.3, 0.4) is 0 Å². The van der Waals surface area contributed by atoms with Gasteiger partial charge in [0.1, 0.15) is 5.75 Å². The molecule has 2 atom stereocenters. The number of hydrogen-bond donors (Lipinski definition) is 1. The molecule has 0 bridgehead atoms. The van der Waals surface area contributed by atoms with Gasteiger partial charge in [-0.15, -0.1) is 0 Å². The molecule has 1 aliphatic rings. The summed E-state index contributed by atoms with van der Waals surface area (Å²) >= 11 is 0. The van der Waals surface area contributed by atoms with Crippen molar-refractivity contribution in [2.45, 2.75) is 44.3 Å². The first-order chi connectivity index (χ1) is 9.99. The second-order valence-corrected chi connectivity index (χ2v) is 8.40. The SMILES string of the molecule is CC1CCCC(S(=O)(=O)CCCOc2ccccc2N)C1. The maximum Gasteiger partial charge on any atom is 0.153 e. The molecule has 4 nitrogen and oxygen atoms in total. The van der Waals surface area contributed by atoms with E-state index in [-0.39, 0.29) is 11.0 Å². The van der Waals surface area contributed by atoms with Gasteiger partial charge in [0.05, 0.1) is 23.3 Å². The second kappa shape index (κ2) is 7.16. The van der Waals surface area contributed by atoms with Gasteiger partial charge < -0.3 is 10.5 Å². The fraction of sp³-hybridized carbons (Fsp3) is 0.625. The van der Waals surface area contributed by atoms with Gasteiger partial charge >= 0.3 is 0 Å². The fourth-order valence-corrected chi connectivity index (χ4v) is 4.93. The van der Waals surface area contributed by atoms with Crippen LogP contribution in [0.1, 0.15) is 39.0 Å². The molecule has 5 heteroatoms. The summed E-state index contributed by atoms with van der Waals surface area (Å²) in [7, 11) is -2.99. The number of nitrogen functional groups attached to an aromatic ring is 1. The zero-order valence-corrected chi connectivity index (χ0v) is 13.4. The summed E-state index contributed by atoms with van der Waals surface area (Å²) in [5.41, 5.74) is 6.36. The maximum atomic E-state index is 12.3. The topological polar surface area (TPSA) is 69.4 Å². The van der Waals surface area contributed by atoms with Crippen LogP contribution in [0.25, 0.3) is 0 Å². The molecule has 1 aliphatic carbocycles. The van der Waals surface area contributed by atoms with Gasteiger partial charge in [0, 0.05) is 0 Å². The molecular formula is C16H25NO3S.